The Hall–Kier alpha value is -0.0800. The van der Waals surface area contributed by atoms with Crippen molar-refractivity contribution in [2.75, 3.05) is 0 Å². The van der Waals surface area contributed by atoms with E-state index < -0.39 is 5.79 Å². The van der Waals surface area contributed by atoms with Crippen molar-refractivity contribution >= 4 is 0 Å². The molecule has 1 saturated heterocycles. The molecule has 1 heterocycles. The topological polar surface area (TPSA) is 18.5 Å². The fourth-order valence-electron chi connectivity index (χ4n) is 5.53. The lowest BCUT2D eigenvalue weighted by atomic mass is 9.53. The van der Waals surface area contributed by atoms with E-state index >= 15 is 0 Å². The molecule has 0 amide bonds. The smallest absolute Gasteiger partial charge is 0.164 e. The maximum Gasteiger partial charge on any atom is 0.164 e. The Labute approximate surface area is 118 Å². The first-order valence-corrected chi connectivity index (χ1v) is 7.85. The molecule has 3 rings (SSSR count). The SMILES string of the molecule is CC1(C)OC(C)(C)C(C)(C)C2(CC3CCC2(C)C3)O1. The average Bonchev–Trinajstić information content (AvgIpc) is 2.67. The Morgan fingerprint density at radius 3 is 1.95 bits per heavy atom. The van der Waals surface area contributed by atoms with E-state index in [0.29, 0.717) is 5.41 Å². The number of ether oxygens (including phenoxy) is 2. The van der Waals surface area contributed by atoms with E-state index in [1.807, 2.05) is 0 Å². The Morgan fingerprint density at radius 2 is 1.47 bits per heavy atom. The fourth-order valence-corrected chi connectivity index (χ4v) is 5.53. The van der Waals surface area contributed by atoms with Crippen LogP contribution in [0.3, 0.4) is 0 Å². The zero-order valence-electron chi connectivity index (χ0n) is 13.7. The van der Waals surface area contributed by atoms with Crippen LogP contribution in [0.2, 0.25) is 0 Å². The van der Waals surface area contributed by atoms with Crippen LogP contribution in [0.1, 0.15) is 74.1 Å². The van der Waals surface area contributed by atoms with Crippen LogP contribution in [0.25, 0.3) is 0 Å². The van der Waals surface area contributed by atoms with Crippen molar-refractivity contribution in [3.05, 3.63) is 0 Å². The second kappa shape index (κ2) is 3.39. The molecule has 2 nitrogen and oxygen atoms in total. The molecule has 110 valence electrons. The van der Waals surface area contributed by atoms with Gasteiger partial charge in [0.15, 0.2) is 5.79 Å². The molecule has 0 aromatic carbocycles. The zero-order chi connectivity index (χ0) is 14.3. The van der Waals surface area contributed by atoms with E-state index in [0.717, 1.165) is 5.92 Å². The van der Waals surface area contributed by atoms with E-state index in [4.69, 9.17) is 9.47 Å². The molecular formula is C17H30O2. The molecule has 2 bridgehead atoms. The summed E-state index contributed by atoms with van der Waals surface area (Å²) in [4.78, 5) is 0. The van der Waals surface area contributed by atoms with E-state index in [1.54, 1.807) is 0 Å². The third kappa shape index (κ3) is 1.51. The maximum absolute atomic E-state index is 6.69. The van der Waals surface area contributed by atoms with Crippen LogP contribution in [0.4, 0.5) is 0 Å². The first kappa shape index (κ1) is 13.9. The molecule has 3 aliphatic rings. The van der Waals surface area contributed by atoms with Gasteiger partial charge in [-0.2, -0.15) is 0 Å². The number of rotatable bonds is 0. The molecule has 0 radical (unpaired) electrons. The van der Waals surface area contributed by atoms with Crippen LogP contribution < -0.4 is 0 Å². The summed E-state index contributed by atoms with van der Waals surface area (Å²) >= 11 is 0. The van der Waals surface area contributed by atoms with E-state index in [9.17, 15) is 0 Å². The quantitative estimate of drug-likeness (QED) is 0.641. The van der Waals surface area contributed by atoms with Gasteiger partial charge in [-0.25, -0.2) is 0 Å². The number of hydrogen-bond acceptors (Lipinski definition) is 2. The molecule has 0 N–H and O–H groups in total. The Kier molecular flexibility index (Phi) is 2.47. The van der Waals surface area contributed by atoms with Crippen LogP contribution in [0, 0.1) is 16.7 Å². The summed E-state index contributed by atoms with van der Waals surface area (Å²) in [6.45, 7) is 15.8. The van der Waals surface area contributed by atoms with Gasteiger partial charge in [0, 0.05) is 5.41 Å². The average molecular weight is 266 g/mol. The van der Waals surface area contributed by atoms with Gasteiger partial charge >= 0.3 is 0 Å². The van der Waals surface area contributed by atoms with Crippen LogP contribution in [-0.2, 0) is 9.47 Å². The minimum Gasteiger partial charge on any atom is -0.344 e. The monoisotopic (exact) mass is 266 g/mol. The predicted molar refractivity (Wildman–Crippen MR) is 76.9 cm³/mol. The fraction of sp³-hybridized carbons (Fsp3) is 1.00. The predicted octanol–water partition coefficient (Wildman–Crippen LogP) is 4.52. The zero-order valence-corrected chi connectivity index (χ0v) is 13.7. The molecule has 19 heavy (non-hydrogen) atoms. The Bertz CT molecular complexity index is 409. The largest absolute Gasteiger partial charge is 0.344 e. The van der Waals surface area contributed by atoms with Gasteiger partial charge in [0.1, 0.15) is 0 Å². The number of fused-ring (bicyclic) bond motifs is 3. The van der Waals surface area contributed by atoms with Crippen LogP contribution in [-0.4, -0.2) is 17.0 Å². The van der Waals surface area contributed by atoms with Crippen molar-refractivity contribution in [2.24, 2.45) is 16.7 Å². The first-order chi connectivity index (χ1) is 8.45. The lowest BCUT2D eigenvalue weighted by Crippen LogP contribution is -2.71. The van der Waals surface area contributed by atoms with E-state index in [1.165, 1.54) is 25.7 Å². The maximum atomic E-state index is 6.69. The minimum atomic E-state index is -0.480. The molecule has 3 atom stereocenters. The third-order valence-corrected chi connectivity index (χ3v) is 6.83. The molecule has 2 heteroatoms. The van der Waals surface area contributed by atoms with Crippen molar-refractivity contribution in [1.29, 1.82) is 0 Å². The van der Waals surface area contributed by atoms with Crippen molar-refractivity contribution in [2.45, 2.75) is 91.1 Å². The summed E-state index contributed by atoms with van der Waals surface area (Å²) in [5.74, 6) is 0.376. The summed E-state index contributed by atoms with van der Waals surface area (Å²) in [6.07, 6.45) is 5.25. The summed E-state index contributed by atoms with van der Waals surface area (Å²) in [5, 5.41) is 0. The van der Waals surface area contributed by atoms with Crippen molar-refractivity contribution < 1.29 is 9.47 Å². The molecule has 2 saturated carbocycles. The molecule has 3 unspecified atom stereocenters. The highest BCUT2D eigenvalue weighted by molar-refractivity contribution is 5.20. The lowest BCUT2D eigenvalue weighted by molar-refractivity contribution is -0.424. The summed E-state index contributed by atoms with van der Waals surface area (Å²) in [7, 11) is 0. The molecule has 1 spiro atoms. The highest BCUT2D eigenvalue weighted by atomic mass is 16.7. The van der Waals surface area contributed by atoms with Gasteiger partial charge < -0.3 is 9.47 Å². The molecule has 2 aliphatic carbocycles. The van der Waals surface area contributed by atoms with Crippen LogP contribution in [0.15, 0.2) is 0 Å². The van der Waals surface area contributed by atoms with Crippen molar-refractivity contribution in [3.63, 3.8) is 0 Å². The van der Waals surface area contributed by atoms with Gasteiger partial charge in [0.05, 0.1) is 11.2 Å². The highest BCUT2D eigenvalue weighted by Crippen LogP contribution is 2.71. The molecule has 0 aromatic heterocycles. The summed E-state index contributed by atoms with van der Waals surface area (Å²) in [6, 6.07) is 0. The van der Waals surface area contributed by atoms with Crippen LogP contribution >= 0.6 is 0 Å². The van der Waals surface area contributed by atoms with Gasteiger partial charge in [0.25, 0.3) is 0 Å². The second-order valence-corrected chi connectivity index (χ2v) is 8.94. The van der Waals surface area contributed by atoms with E-state index in [2.05, 4.69) is 48.5 Å². The minimum absolute atomic E-state index is 0.0272. The van der Waals surface area contributed by atoms with Gasteiger partial charge in [0.2, 0.25) is 0 Å². The normalized spacial score (nSPS) is 49.7. The summed E-state index contributed by atoms with van der Waals surface area (Å²) in [5.41, 5.74) is 0.148. The number of hydrogen-bond donors (Lipinski definition) is 0. The molecule has 0 aromatic rings. The van der Waals surface area contributed by atoms with Gasteiger partial charge in [-0.1, -0.05) is 20.8 Å². The Morgan fingerprint density at radius 1 is 0.842 bits per heavy atom. The molecule has 3 fully saturated rings. The third-order valence-electron chi connectivity index (χ3n) is 6.83. The van der Waals surface area contributed by atoms with Crippen LogP contribution in [0.5, 0.6) is 0 Å². The van der Waals surface area contributed by atoms with Crippen molar-refractivity contribution in [1.82, 2.24) is 0 Å². The van der Waals surface area contributed by atoms with E-state index in [-0.39, 0.29) is 16.6 Å². The Balaban J connectivity index is 2.13. The second-order valence-electron chi connectivity index (χ2n) is 8.94. The van der Waals surface area contributed by atoms with Gasteiger partial charge in [-0.05, 0) is 64.7 Å². The van der Waals surface area contributed by atoms with Crippen molar-refractivity contribution in [3.8, 4) is 0 Å². The lowest BCUT2D eigenvalue weighted by Gasteiger charge is -2.66. The standard InChI is InChI=1S/C17H30O2/c1-13(2)14(3,4)18-15(5,6)19-17(13)11-12-8-9-16(17,7)10-12/h12H,8-11H2,1-7H3. The summed E-state index contributed by atoms with van der Waals surface area (Å²) < 4.78 is 13.0. The first-order valence-electron chi connectivity index (χ1n) is 7.85. The van der Waals surface area contributed by atoms with Gasteiger partial charge in [-0.3, -0.25) is 0 Å². The van der Waals surface area contributed by atoms with Gasteiger partial charge in [-0.15, -0.1) is 0 Å². The highest BCUT2D eigenvalue weighted by Gasteiger charge is 2.72. The molecular weight excluding hydrogens is 236 g/mol. The molecule has 1 aliphatic heterocycles.